The Kier molecular flexibility index (Phi) is 4.86. The molecule has 0 radical (unpaired) electrons. The summed E-state index contributed by atoms with van der Waals surface area (Å²) in [5.74, 6) is 0.607. The van der Waals surface area contributed by atoms with Gasteiger partial charge in [-0.1, -0.05) is 29.8 Å². The predicted octanol–water partition coefficient (Wildman–Crippen LogP) is 4.28. The van der Waals surface area contributed by atoms with Crippen LogP contribution in [-0.2, 0) is 6.42 Å². The monoisotopic (exact) mass is 324 g/mol. The molecule has 1 aromatic carbocycles. The molecule has 0 aromatic heterocycles. The van der Waals surface area contributed by atoms with Crippen LogP contribution in [0.4, 0.5) is 10.5 Å². The zero-order valence-corrected chi connectivity index (χ0v) is 13.2. The smallest absolute Gasteiger partial charge is 0.321 e. The lowest BCUT2D eigenvalue weighted by Gasteiger charge is -2.31. The van der Waals surface area contributed by atoms with Gasteiger partial charge in [0.1, 0.15) is 0 Å². The molecule has 104 valence electrons. The van der Waals surface area contributed by atoms with Gasteiger partial charge in [-0.05, 0) is 48.9 Å². The molecule has 0 saturated carbocycles. The number of aryl methyl sites for hydroxylation is 1. The number of piperidine rings is 1. The quantitative estimate of drug-likeness (QED) is 0.865. The van der Waals surface area contributed by atoms with E-state index in [1.54, 1.807) is 0 Å². The molecule has 1 atom stereocenters. The minimum Gasteiger partial charge on any atom is -0.324 e. The first-order chi connectivity index (χ1) is 9.10. The van der Waals surface area contributed by atoms with Crippen LogP contribution in [0.25, 0.3) is 0 Å². The average Bonchev–Trinajstić information content (AvgIpc) is 2.40. The Hall–Kier alpha value is -1.03. The van der Waals surface area contributed by atoms with Gasteiger partial charge in [0.05, 0.1) is 0 Å². The van der Waals surface area contributed by atoms with E-state index in [0.29, 0.717) is 5.92 Å². The summed E-state index contributed by atoms with van der Waals surface area (Å²) in [5.41, 5.74) is 2.08. The fourth-order valence-corrected chi connectivity index (χ4v) is 2.95. The third-order valence-electron chi connectivity index (χ3n) is 3.63. The Morgan fingerprint density at radius 2 is 2.32 bits per heavy atom. The van der Waals surface area contributed by atoms with Gasteiger partial charge in [0.15, 0.2) is 0 Å². The number of carbonyl (C=O) groups is 1. The second kappa shape index (κ2) is 6.42. The zero-order chi connectivity index (χ0) is 13.8. The van der Waals surface area contributed by atoms with E-state index in [9.17, 15) is 4.79 Å². The van der Waals surface area contributed by atoms with Gasteiger partial charge < -0.3 is 10.2 Å². The molecule has 1 heterocycles. The first-order valence-electron chi connectivity index (χ1n) is 6.94. The summed E-state index contributed by atoms with van der Waals surface area (Å²) in [4.78, 5) is 14.2. The second-order valence-electron chi connectivity index (χ2n) is 5.28. The van der Waals surface area contributed by atoms with E-state index in [1.165, 1.54) is 6.42 Å². The van der Waals surface area contributed by atoms with Gasteiger partial charge in [-0.3, -0.25) is 0 Å². The number of benzene rings is 1. The molecule has 0 aliphatic carbocycles. The van der Waals surface area contributed by atoms with Gasteiger partial charge in [-0.15, -0.1) is 0 Å². The summed E-state index contributed by atoms with van der Waals surface area (Å²) in [7, 11) is 0. The number of carbonyl (C=O) groups excluding carboxylic acids is 1. The van der Waals surface area contributed by atoms with Crippen molar-refractivity contribution in [1.29, 1.82) is 0 Å². The van der Waals surface area contributed by atoms with E-state index >= 15 is 0 Å². The van der Waals surface area contributed by atoms with Crippen LogP contribution < -0.4 is 5.32 Å². The van der Waals surface area contributed by atoms with Gasteiger partial charge in [-0.2, -0.15) is 0 Å². The van der Waals surface area contributed by atoms with Crippen molar-refractivity contribution in [3.8, 4) is 0 Å². The van der Waals surface area contributed by atoms with Crippen LogP contribution >= 0.6 is 15.9 Å². The number of hydrogen-bond donors (Lipinski definition) is 1. The Labute approximate surface area is 123 Å². The molecule has 1 aliphatic rings. The fraction of sp³-hybridized carbons (Fsp3) is 0.533. The molecular formula is C15H21BrN2O. The van der Waals surface area contributed by atoms with Crippen LogP contribution in [0.15, 0.2) is 22.7 Å². The molecule has 1 N–H and O–H groups in total. The molecule has 1 fully saturated rings. The standard InChI is InChI=1S/C15H21BrN2O/c1-3-12-9-13(16)6-7-14(12)17-15(19)18-8-4-5-11(2)10-18/h6-7,9,11H,3-5,8,10H2,1-2H3,(H,17,19). The van der Waals surface area contributed by atoms with E-state index < -0.39 is 0 Å². The van der Waals surface area contributed by atoms with E-state index in [0.717, 1.165) is 41.7 Å². The first kappa shape index (κ1) is 14.4. The molecule has 19 heavy (non-hydrogen) atoms. The van der Waals surface area contributed by atoms with Crippen molar-refractivity contribution >= 4 is 27.6 Å². The van der Waals surface area contributed by atoms with E-state index in [1.807, 2.05) is 17.0 Å². The van der Waals surface area contributed by atoms with Gasteiger partial charge in [0.25, 0.3) is 0 Å². The lowest BCUT2D eigenvalue weighted by molar-refractivity contribution is 0.182. The lowest BCUT2D eigenvalue weighted by Crippen LogP contribution is -2.41. The number of anilines is 1. The summed E-state index contributed by atoms with van der Waals surface area (Å²) < 4.78 is 1.05. The van der Waals surface area contributed by atoms with Crippen LogP contribution in [0.3, 0.4) is 0 Å². The van der Waals surface area contributed by atoms with Crippen LogP contribution in [0.5, 0.6) is 0 Å². The van der Waals surface area contributed by atoms with Crippen LogP contribution in [-0.4, -0.2) is 24.0 Å². The maximum atomic E-state index is 12.3. The highest BCUT2D eigenvalue weighted by Crippen LogP contribution is 2.23. The third kappa shape index (κ3) is 3.72. The fourth-order valence-electron chi connectivity index (χ4n) is 2.54. The third-order valence-corrected chi connectivity index (χ3v) is 4.13. The molecule has 0 bridgehead atoms. The number of nitrogens with zero attached hydrogens (tertiary/aromatic N) is 1. The second-order valence-corrected chi connectivity index (χ2v) is 6.19. The normalized spacial score (nSPS) is 19.3. The largest absolute Gasteiger partial charge is 0.324 e. The van der Waals surface area contributed by atoms with Crippen molar-refractivity contribution in [1.82, 2.24) is 4.90 Å². The van der Waals surface area contributed by atoms with E-state index in [4.69, 9.17) is 0 Å². The average molecular weight is 325 g/mol. The molecule has 0 spiro atoms. The maximum absolute atomic E-state index is 12.3. The summed E-state index contributed by atoms with van der Waals surface area (Å²) in [5, 5.41) is 3.05. The van der Waals surface area contributed by atoms with Crippen LogP contribution in [0, 0.1) is 5.92 Å². The number of nitrogens with one attached hydrogen (secondary N) is 1. The Morgan fingerprint density at radius 1 is 1.53 bits per heavy atom. The topological polar surface area (TPSA) is 32.3 Å². The van der Waals surface area contributed by atoms with Crippen molar-refractivity contribution in [2.24, 2.45) is 5.92 Å². The van der Waals surface area contributed by atoms with Crippen molar-refractivity contribution in [3.63, 3.8) is 0 Å². The molecule has 1 aromatic rings. The number of urea groups is 1. The van der Waals surface area contributed by atoms with E-state index in [-0.39, 0.29) is 6.03 Å². The summed E-state index contributed by atoms with van der Waals surface area (Å²) in [6.07, 6.45) is 3.24. The number of amides is 2. The van der Waals surface area contributed by atoms with Crippen molar-refractivity contribution in [3.05, 3.63) is 28.2 Å². The number of likely N-dealkylation sites (tertiary alicyclic amines) is 1. The number of halogens is 1. The van der Waals surface area contributed by atoms with Crippen LogP contribution in [0.1, 0.15) is 32.3 Å². The molecule has 3 nitrogen and oxygen atoms in total. The zero-order valence-electron chi connectivity index (χ0n) is 11.6. The van der Waals surface area contributed by atoms with Gasteiger partial charge >= 0.3 is 6.03 Å². The lowest BCUT2D eigenvalue weighted by atomic mass is 10.0. The van der Waals surface area contributed by atoms with E-state index in [2.05, 4.69) is 41.2 Å². The van der Waals surface area contributed by atoms with Gasteiger partial charge in [0.2, 0.25) is 0 Å². The van der Waals surface area contributed by atoms with Gasteiger partial charge in [0, 0.05) is 23.2 Å². The summed E-state index contributed by atoms with van der Waals surface area (Å²) in [6, 6.07) is 6.03. The highest BCUT2D eigenvalue weighted by molar-refractivity contribution is 9.10. The van der Waals surface area contributed by atoms with Crippen molar-refractivity contribution in [2.45, 2.75) is 33.1 Å². The SMILES string of the molecule is CCc1cc(Br)ccc1NC(=O)N1CCCC(C)C1. The molecule has 2 rings (SSSR count). The molecule has 1 aliphatic heterocycles. The first-order valence-corrected chi connectivity index (χ1v) is 7.73. The number of hydrogen-bond acceptors (Lipinski definition) is 1. The van der Waals surface area contributed by atoms with Crippen molar-refractivity contribution < 1.29 is 4.79 Å². The maximum Gasteiger partial charge on any atom is 0.321 e. The predicted molar refractivity (Wildman–Crippen MR) is 82.5 cm³/mol. The summed E-state index contributed by atoms with van der Waals surface area (Å²) >= 11 is 3.46. The number of rotatable bonds is 2. The molecule has 1 unspecified atom stereocenters. The molecular weight excluding hydrogens is 304 g/mol. The molecule has 1 saturated heterocycles. The highest BCUT2D eigenvalue weighted by atomic mass is 79.9. The Morgan fingerprint density at radius 3 is 3.00 bits per heavy atom. The molecule has 4 heteroatoms. The highest BCUT2D eigenvalue weighted by Gasteiger charge is 2.21. The molecule has 2 amide bonds. The minimum atomic E-state index is 0.0311. The Balaban J connectivity index is 2.06. The summed E-state index contributed by atoms with van der Waals surface area (Å²) in [6.45, 7) is 6.04. The Bertz CT molecular complexity index is 461. The van der Waals surface area contributed by atoms with Crippen molar-refractivity contribution in [2.75, 3.05) is 18.4 Å². The minimum absolute atomic E-state index is 0.0311. The van der Waals surface area contributed by atoms with Crippen LogP contribution in [0.2, 0.25) is 0 Å². The van der Waals surface area contributed by atoms with Gasteiger partial charge in [-0.25, -0.2) is 4.79 Å².